The van der Waals surface area contributed by atoms with E-state index in [0.29, 0.717) is 18.7 Å². The number of nitrogens with one attached hydrogen (secondary N) is 1. The van der Waals surface area contributed by atoms with Crippen LogP contribution in [0.5, 0.6) is 0 Å². The van der Waals surface area contributed by atoms with Crippen LogP contribution in [0, 0.1) is 0 Å². The van der Waals surface area contributed by atoms with Crippen molar-refractivity contribution in [2.24, 2.45) is 0 Å². The molecule has 1 aliphatic heterocycles. The van der Waals surface area contributed by atoms with Crippen molar-refractivity contribution in [1.82, 2.24) is 20.2 Å². The summed E-state index contributed by atoms with van der Waals surface area (Å²) in [5.74, 6) is 0.138. The van der Waals surface area contributed by atoms with Crippen molar-refractivity contribution < 1.29 is 13.2 Å². The zero-order valence-electron chi connectivity index (χ0n) is 13.8. The first-order valence-corrected chi connectivity index (χ1v) is 8.32. The molecule has 0 saturated carbocycles. The third kappa shape index (κ3) is 3.26. The molecule has 0 atom stereocenters. The summed E-state index contributed by atoms with van der Waals surface area (Å²) in [6.07, 6.45) is -1.03. The van der Waals surface area contributed by atoms with Gasteiger partial charge in [0.15, 0.2) is 5.69 Å². The number of halogens is 3. The molecule has 8 heteroatoms. The number of aromatic amines is 1. The molecule has 0 bridgehead atoms. The number of H-pyrrole nitrogens is 1. The van der Waals surface area contributed by atoms with Crippen LogP contribution in [-0.4, -0.2) is 33.3 Å². The molecule has 0 aliphatic carbocycles. The molecule has 0 amide bonds. The third-order valence-corrected chi connectivity index (χ3v) is 4.36. The molecule has 134 valence electrons. The van der Waals surface area contributed by atoms with Crippen LogP contribution in [0.3, 0.4) is 0 Å². The molecule has 3 aromatic rings. The van der Waals surface area contributed by atoms with E-state index in [1.807, 2.05) is 6.07 Å². The molecule has 4 rings (SSSR count). The van der Waals surface area contributed by atoms with Gasteiger partial charge in [-0.1, -0.05) is 18.2 Å². The Labute approximate surface area is 147 Å². The maximum Gasteiger partial charge on any atom is 0.433 e. The van der Waals surface area contributed by atoms with Crippen molar-refractivity contribution >= 4 is 5.95 Å². The van der Waals surface area contributed by atoms with Gasteiger partial charge in [0, 0.05) is 30.4 Å². The summed E-state index contributed by atoms with van der Waals surface area (Å²) in [7, 11) is 0. The molecule has 1 saturated heterocycles. The van der Waals surface area contributed by atoms with E-state index in [-0.39, 0.29) is 11.6 Å². The molecular formula is C18H16F3N5. The number of alkyl halides is 3. The Bertz CT molecular complexity index is 899. The molecule has 5 nitrogen and oxygen atoms in total. The molecule has 0 radical (unpaired) electrons. The highest BCUT2D eigenvalue weighted by Gasteiger charge is 2.34. The van der Waals surface area contributed by atoms with Gasteiger partial charge >= 0.3 is 6.18 Å². The predicted octanol–water partition coefficient (Wildman–Crippen LogP) is 4.15. The quantitative estimate of drug-likeness (QED) is 0.763. The van der Waals surface area contributed by atoms with E-state index in [0.717, 1.165) is 30.2 Å². The summed E-state index contributed by atoms with van der Waals surface area (Å²) in [6, 6.07) is 10.0. The molecule has 0 unspecified atom stereocenters. The molecular weight excluding hydrogens is 343 g/mol. The van der Waals surface area contributed by atoms with Crippen LogP contribution in [0.2, 0.25) is 0 Å². The van der Waals surface area contributed by atoms with E-state index in [2.05, 4.69) is 20.2 Å². The number of hydrogen-bond acceptors (Lipinski definition) is 4. The van der Waals surface area contributed by atoms with Crippen LogP contribution < -0.4 is 4.90 Å². The lowest BCUT2D eigenvalue weighted by atomic mass is 10.1. The Morgan fingerprint density at radius 3 is 2.42 bits per heavy atom. The van der Waals surface area contributed by atoms with Crippen LogP contribution >= 0.6 is 0 Å². The maximum absolute atomic E-state index is 13.3. The Morgan fingerprint density at radius 1 is 0.962 bits per heavy atom. The minimum atomic E-state index is -4.52. The second kappa shape index (κ2) is 6.44. The van der Waals surface area contributed by atoms with E-state index in [9.17, 15) is 13.2 Å². The van der Waals surface area contributed by atoms with Crippen LogP contribution in [0.4, 0.5) is 19.1 Å². The molecule has 26 heavy (non-hydrogen) atoms. The topological polar surface area (TPSA) is 57.7 Å². The Morgan fingerprint density at radius 2 is 1.73 bits per heavy atom. The van der Waals surface area contributed by atoms with Gasteiger partial charge in [-0.3, -0.25) is 5.10 Å². The van der Waals surface area contributed by atoms with Crippen molar-refractivity contribution in [3.63, 3.8) is 0 Å². The second-order valence-electron chi connectivity index (χ2n) is 6.18. The van der Waals surface area contributed by atoms with E-state index >= 15 is 0 Å². The van der Waals surface area contributed by atoms with Crippen LogP contribution in [0.25, 0.3) is 22.5 Å². The molecule has 1 aliphatic rings. The summed E-state index contributed by atoms with van der Waals surface area (Å²) < 4.78 is 40.0. The number of rotatable bonds is 3. The van der Waals surface area contributed by atoms with Gasteiger partial charge in [0.25, 0.3) is 0 Å². The first-order valence-electron chi connectivity index (χ1n) is 8.32. The van der Waals surface area contributed by atoms with Gasteiger partial charge in [-0.2, -0.15) is 18.3 Å². The van der Waals surface area contributed by atoms with E-state index in [1.54, 1.807) is 35.4 Å². The lowest BCUT2D eigenvalue weighted by Gasteiger charge is -2.18. The average Bonchev–Trinajstić information content (AvgIpc) is 3.34. The zero-order chi connectivity index (χ0) is 18.1. The van der Waals surface area contributed by atoms with E-state index < -0.39 is 11.9 Å². The lowest BCUT2D eigenvalue weighted by molar-refractivity contribution is -0.141. The van der Waals surface area contributed by atoms with E-state index in [1.165, 1.54) is 0 Å². The summed E-state index contributed by atoms with van der Waals surface area (Å²) in [4.78, 5) is 9.97. The second-order valence-corrected chi connectivity index (χ2v) is 6.18. The van der Waals surface area contributed by atoms with Gasteiger partial charge in [0.2, 0.25) is 5.95 Å². The number of anilines is 1. The van der Waals surface area contributed by atoms with Crippen molar-refractivity contribution in [2.75, 3.05) is 18.0 Å². The standard InChI is InChI=1S/C18H16F3N5/c19-18(20,21)16-11-15(23-17(24-16)26-8-1-2-9-26)13-5-3-4-12(10-13)14-6-7-22-25-14/h3-7,10-11H,1-2,8-9H2,(H,22,25). The van der Waals surface area contributed by atoms with E-state index in [4.69, 9.17) is 0 Å². The van der Waals surface area contributed by atoms with Crippen LogP contribution in [0.15, 0.2) is 42.6 Å². The van der Waals surface area contributed by atoms with Gasteiger partial charge in [-0.05, 0) is 31.0 Å². The van der Waals surface area contributed by atoms with Gasteiger partial charge in [0.05, 0.1) is 11.4 Å². The fourth-order valence-corrected chi connectivity index (χ4v) is 3.05. The number of hydrogen-bond donors (Lipinski definition) is 1. The SMILES string of the molecule is FC(F)(F)c1cc(-c2cccc(-c3ccn[nH]3)c2)nc(N2CCCC2)n1. The summed E-state index contributed by atoms with van der Waals surface area (Å²) in [5.41, 5.74) is 1.56. The van der Waals surface area contributed by atoms with Gasteiger partial charge < -0.3 is 4.90 Å². The Balaban J connectivity index is 1.80. The summed E-state index contributed by atoms with van der Waals surface area (Å²) in [5, 5.41) is 6.76. The highest BCUT2D eigenvalue weighted by Crippen LogP contribution is 2.33. The van der Waals surface area contributed by atoms with Crippen molar-refractivity contribution in [2.45, 2.75) is 19.0 Å². The highest BCUT2D eigenvalue weighted by atomic mass is 19.4. The lowest BCUT2D eigenvalue weighted by Crippen LogP contribution is -2.22. The third-order valence-electron chi connectivity index (χ3n) is 4.36. The first kappa shape index (κ1) is 16.6. The molecule has 2 aromatic heterocycles. The Hall–Kier alpha value is -2.90. The van der Waals surface area contributed by atoms with Gasteiger partial charge in [-0.15, -0.1) is 0 Å². The fourth-order valence-electron chi connectivity index (χ4n) is 3.05. The number of nitrogens with zero attached hydrogens (tertiary/aromatic N) is 4. The number of aromatic nitrogens is 4. The van der Waals surface area contributed by atoms with Crippen molar-refractivity contribution in [3.05, 3.63) is 48.3 Å². The molecule has 3 heterocycles. The molecule has 1 N–H and O–H groups in total. The average molecular weight is 359 g/mol. The number of benzene rings is 1. The summed E-state index contributed by atoms with van der Waals surface area (Å²) >= 11 is 0. The van der Waals surface area contributed by atoms with Crippen molar-refractivity contribution in [3.8, 4) is 22.5 Å². The molecule has 1 fully saturated rings. The Kier molecular flexibility index (Phi) is 4.10. The van der Waals surface area contributed by atoms with Crippen LogP contribution in [-0.2, 0) is 6.18 Å². The monoisotopic (exact) mass is 359 g/mol. The zero-order valence-corrected chi connectivity index (χ0v) is 13.8. The first-order chi connectivity index (χ1) is 12.5. The smallest absolute Gasteiger partial charge is 0.341 e. The van der Waals surface area contributed by atoms with Crippen molar-refractivity contribution in [1.29, 1.82) is 0 Å². The molecule has 1 aromatic carbocycles. The summed E-state index contributed by atoms with van der Waals surface area (Å²) in [6.45, 7) is 1.35. The van der Waals surface area contributed by atoms with Crippen LogP contribution in [0.1, 0.15) is 18.5 Å². The molecule has 0 spiro atoms. The predicted molar refractivity (Wildman–Crippen MR) is 91.5 cm³/mol. The minimum absolute atomic E-state index is 0.138. The fraction of sp³-hybridized carbons (Fsp3) is 0.278. The largest absolute Gasteiger partial charge is 0.433 e. The van der Waals surface area contributed by atoms with Gasteiger partial charge in [0.1, 0.15) is 0 Å². The normalized spacial score (nSPS) is 14.8. The minimum Gasteiger partial charge on any atom is -0.341 e. The maximum atomic E-state index is 13.3. The van der Waals surface area contributed by atoms with Gasteiger partial charge in [-0.25, -0.2) is 9.97 Å². The highest BCUT2D eigenvalue weighted by molar-refractivity contribution is 5.70.